The minimum atomic E-state index is 0.841. The third-order valence-corrected chi connectivity index (χ3v) is 3.65. The van der Waals surface area contributed by atoms with Gasteiger partial charge in [0, 0.05) is 13.2 Å². The Balaban J connectivity index is 1.82. The number of hydrogen-bond acceptors (Lipinski definition) is 2. The summed E-state index contributed by atoms with van der Waals surface area (Å²) in [4.78, 5) is 0. The van der Waals surface area contributed by atoms with Crippen LogP contribution in [0.1, 0.15) is 25.7 Å². The number of nitrogens with two attached hydrogens (primary N) is 1. The molecule has 0 aromatic heterocycles. The molecule has 0 amide bonds. The summed E-state index contributed by atoms with van der Waals surface area (Å²) in [6, 6.07) is 0. The summed E-state index contributed by atoms with van der Waals surface area (Å²) in [6.45, 7) is 2.87. The zero-order valence-electron chi connectivity index (χ0n) is 7.67. The van der Waals surface area contributed by atoms with Crippen molar-refractivity contribution in [1.82, 2.24) is 0 Å². The van der Waals surface area contributed by atoms with Crippen LogP contribution < -0.4 is 5.73 Å². The second-order valence-corrected chi connectivity index (χ2v) is 4.19. The van der Waals surface area contributed by atoms with Gasteiger partial charge < -0.3 is 10.5 Å². The molecule has 2 aliphatic rings. The van der Waals surface area contributed by atoms with Gasteiger partial charge in [-0.2, -0.15) is 0 Å². The van der Waals surface area contributed by atoms with Gasteiger partial charge in [0.25, 0.3) is 0 Å². The highest BCUT2D eigenvalue weighted by Crippen LogP contribution is 2.42. The first-order valence-corrected chi connectivity index (χ1v) is 5.19. The maximum absolute atomic E-state index is 5.70. The van der Waals surface area contributed by atoms with Crippen molar-refractivity contribution in [3.8, 4) is 0 Å². The average molecular weight is 169 g/mol. The van der Waals surface area contributed by atoms with Crippen molar-refractivity contribution in [2.75, 3.05) is 19.8 Å². The van der Waals surface area contributed by atoms with Crippen LogP contribution in [0.2, 0.25) is 0 Å². The van der Waals surface area contributed by atoms with Crippen LogP contribution in [0.5, 0.6) is 0 Å². The van der Waals surface area contributed by atoms with E-state index in [0.717, 1.165) is 37.5 Å². The first-order chi connectivity index (χ1) is 5.92. The van der Waals surface area contributed by atoms with E-state index in [1.54, 1.807) is 0 Å². The molecule has 1 heterocycles. The molecule has 0 bridgehead atoms. The highest BCUT2D eigenvalue weighted by molar-refractivity contribution is 4.87. The number of hydrogen-bond donors (Lipinski definition) is 1. The SMILES string of the molecule is NCC1CCC1C1CCOCC1. The van der Waals surface area contributed by atoms with E-state index < -0.39 is 0 Å². The quantitative estimate of drug-likeness (QED) is 0.678. The molecule has 2 heteroatoms. The van der Waals surface area contributed by atoms with Gasteiger partial charge in [-0.1, -0.05) is 0 Å². The van der Waals surface area contributed by atoms with Crippen LogP contribution in [0.15, 0.2) is 0 Å². The van der Waals surface area contributed by atoms with Crippen molar-refractivity contribution in [3.05, 3.63) is 0 Å². The maximum Gasteiger partial charge on any atom is 0.0468 e. The zero-order valence-corrected chi connectivity index (χ0v) is 7.67. The molecule has 2 fully saturated rings. The molecule has 2 atom stereocenters. The van der Waals surface area contributed by atoms with E-state index >= 15 is 0 Å². The van der Waals surface area contributed by atoms with E-state index in [4.69, 9.17) is 10.5 Å². The normalized spacial score (nSPS) is 37.8. The summed E-state index contributed by atoms with van der Waals surface area (Å²) in [7, 11) is 0. The summed E-state index contributed by atoms with van der Waals surface area (Å²) in [5.41, 5.74) is 5.70. The van der Waals surface area contributed by atoms with Gasteiger partial charge in [-0.05, 0) is 50.0 Å². The van der Waals surface area contributed by atoms with Crippen LogP contribution in [-0.4, -0.2) is 19.8 Å². The largest absolute Gasteiger partial charge is 0.381 e. The van der Waals surface area contributed by atoms with E-state index in [1.807, 2.05) is 0 Å². The average Bonchev–Trinajstić information content (AvgIpc) is 2.05. The molecule has 1 saturated heterocycles. The Morgan fingerprint density at radius 1 is 1.08 bits per heavy atom. The van der Waals surface area contributed by atoms with Crippen molar-refractivity contribution in [2.24, 2.45) is 23.5 Å². The Hall–Kier alpha value is -0.0800. The van der Waals surface area contributed by atoms with Crippen LogP contribution in [0, 0.1) is 17.8 Å². The fraction of sp³-hybridized carbons (Fsp3) is 1.00. The fourth-order valence-electron chi connectivity index (χ4n) is 2.65. The molecule has 2 unspecified atom stereocenters. The van der Waals surface area contributed by atoms with Crippen molar-refractivity contribution >= 4 is 0 Å². The fourth-order valence-corrected chi connectivity index (χ4v) is 2.65. The molecule has 70 valence electrons. The maximum atomic E-state index is 5.70. The molecule has 1 aliphatic carbocycles. The third kappa shape index (κ3) is 1.50. The molecule has 1 aliphatic heterocycles. The summed E-state index contributed by atoms with van der Waals surface area (Å²) in [5.74, 6) is 2.72. The Morgan fingerprint density at radius 3 is 2.33 bits per heavy atom. The van der Waals surface area contributed by atoms with Crippen LogP contribution >= 0.6 is 0 Å². The highest BCUT2D eigenvalue weighted by atomic mass is 16.5. The number of rotatable bonds is 2. The molecule has 0 aromatic carbocycles. The Bertz CT molecular complexity index is 141. The smallest absolute Gasteiger partial charge is 0.0468 e. The molecule has 1 saturated carbocycles. The van der Waals surface area contributed by atoms with Crippen molar-refractivity contribution in [2.45, 2.75) is 25.7 Å². The van der Waals surface area contributed by atoms with Crippen molar-refractivity contribution in [1.29, 1.82) is 0 Å². The molecule has 2 N–H and O–H groups in total. The number of ether oxygens (including phenoxy) is 1. The summed E-state index contributed by atoms with van der Waals surface area (Å²) >= 11 is 0. The Morgan fingerprint density at radius 2 is 1.83 bits per heavy atom. The first kappa shape index (κ1) is 8.52. The molecule has 12 heavy (non-hydrogen) atoms. The van der Waals surface area contributed by atoms with E-state index in [9.17, 15) is 0 Å². The van der Waals surface area contributed by atoms with Gasteiger partial charge in [-0.15, -0.1) is 0 Å². The van der Waals surface area contributed by atoms with Gasteiger partial charge in [0.15, 0.2) is 0 Å². The van der Waals surface area contributed by atoms with E-state index in [1.165, 1.54) is 25.7 Å². The molecule has 2 nitrogen and oxygen atoms in total. The van der Waals surface area contributed by atoms with Crippen LogP contribution in [0.4, 0.5) is 0 Å². The van der Waals surface area contributed by atoms with Crippen LogP contribution in [0.3, 0.4) is 0 Å². The second-order valence-electron chi connectivity index (χ2n) is 4.19. The monoisotopic (exact) mass is 169 g/mol. The predicted molar refractivity (Wildman–Crippen MR) is 48.8 cm³/mol. The third-order valence-electron chi connectivity index (χ3n) is 3.65. The zero-order chi connectivity index (χ0) is 8.39. The minimum absolute atomic E-state index is 0.841. The van der Waals surface area contributed by atoms with E-state index in [-0.39, 0.29) is 0 Å². The lowest BCUT2D eigenvalue weighted by Crippen LogP contribution is -2.39. The first-order valence-electron chi connectivity index (χ1n) is 5.19. The lowest BCUT2D eigenvalue weighted by molar-refractivity contribution is 0.00585. The lowest BCUT2D eigenvalue weighted by atomic mass is 9.65. The van der Waals surface area contributed by atoms with Gasteiger partial charge in [0.05, 0.1) is 0 Å². The molecular weight excluding hydrogens is 150 g/mol. The summed E-state index contributed by atoms with van der Waals surface area (Å²) < 4.78 is 5.36. The molecule has 0 aromatic rings. The summed E-state index contributed by atoms with van der Waals surface area (Å²) in [6.07, 6.45) is 5.35. The molecule has 0 radical (unpaired) electrons. The van der Waals surface area contributed by atoms with Crippen molar-refractivity contribution in [3.63, 3.8) is 0 Å². The Labute approximate surface area is 74.5 Å². The van der Waals surface area contributed by atoms with Crippen LogP contribution in [0.25, 0.3) is 0 Å². The van der Waals surface area contributed by atoms with E-state index in [0.29, 0.717) is 0 Å². The standard InChI is InChI=1S/C10H19NO/c11-7-9-1-2-10(9)8-3-5-12-6-4-8/h8-10H,1-7,11H2. The van der Waals surface area contributed by atoms with Gasteiger partial charge >= 0.3 is 0 Å². The predicted octanol–water partition coefficient (Wildman–Crippen LogP) is 1.40. The van der Waals surface area contributed by atoms with Crippen molar-refractivity contribution < 1.29 is 4.74 Å². The van der Waals surface area contributed by atoms with Gasteiger partial charge in [0.1, 0.15) is 0 Å². The summed E-state index contributed by atoms with van der Waals surface area (Å²) in [5, 5.41) is 0. The molecule has 2 rings (SSSR count). The lowest BCUT2D eigenvalue weighted by Gasteiger charge is -2.43. The minimum Gasteiger partial charge on any atom is -0.381 e. The molecular formula is C10H19NO. The van der Waals surface area contributed by atoms with Crippen LogP contribution in [-0.2, 0) is 4.74 Å². The topological polar surface area (TPSA) is 35.2 Å². The van der Waals surface area contributed by atoms with Gasteiger partial charge in [0.2, 0.25) is 0 Å². The van der Waals surface area contributed by atoms with Gasteiger partial charge in [-0.3, -0.25) is 0 Å². The Kier molecular flexibility index (Phi) is 2.66. The molecule has 0 spiro atoms. The highest BCUT2D eigenvalue weighted by Gasteiger charge is 2.36. The van der Waals surface area contributed by atoms with E-state index in [2.05, 4.69) is 0 Å². The second kappa shape index (κ2) is 3.75. The van der Waals surface area contributed by atoms with Gasteiger partial charge in [-0.25, -0.2) is 0 Å².